The fraction of sp³-hybridized carbons (Fsp3) is 0.233. The molecule has 1 aliphatic heterocycles. The quantitative estimate of drug-likeness (QED) is 0.307. The van der Waals surface area contributed by atoms with Crippen LogP contribution in [0.25, 0.3) is 5.69 Å². The van der Waals surface area contributed by atoms with E-state index in [1.54, 1.807) is 0 Å². The van der Waals surface area contributed by atoms with Gasteiger partial charge < -0.3 is 23.9 Å². The molecule has 0 radical (unpaired) electrons. The number of hydrogen-bond acceptors (Lipinski definition) is 4. The minimum atomic E-state index is -0.822. The van der Waals surface area contributed by atoms with E-state index in [2.05, 4.69) is 48.7 Å². The third kappa shape index (κ3) is 5.08. The van der Waals surface area contributed by atoms with E-state index in [0.717, 1.165) is 39.5 Å². The SMILES string of the molecule is Cc1ccc(C)n1-c1cc(COc2ccc3c(c2)OCC3CC(=O)O)ccc1OCc1ccccc1. The number of benzene rings is 3. The molecule has 36 heavy (non-hydrogen) atoms. The average molecular weight is 484 g/mol. The zero-order chi connectivity index (χ0) is 25.1. The zero-order valence-corrected chi connectivity index (χ0v) is 20.4. The van der Waals surface area contributed by atoms with Gasteiger partial charge in [-0.25, -0.2) is 0 Å². The zero-order valence-electron chi connectivity index (χ0n) is 20.4. The molecule has 184 valence electrons. The molecule has 6 heteroatoms. The van der Waals surface area contributed by atoms with Crippen LogP contribution in [-0.2, 0) is 18.0 Å². The Morgan fingerprint density at radius 3 is 2.42 bits per heavy atom. The van der Waals surface area contributed by atoms with Gasteiger partial charge in [-0.05, 0) is 55.3 Å². The summed E-state index contributed by atoms with van der Waals surface area (Å²) in [6, 6.07) is 26.1. The Morgan fingerprint density at radius 2 is 1.67 bits per heavy atom. The molecule has 3 aromatic carbocycles. The minimum absolute atomic E-state index is 0.0624. The molecule has 0 fully saturated rings. The van der Waals surface area contributed by atoms with Crippen molar-refractivity contribution in [2.24, 2.45) is 0 Å². The highest BCUT2D eigenvalue weighted by Crippen LogP contribution is 2.38. The summed E-state index contributed by atoms with van der Waals surface area (Å²) in [7, 11) is 0. The summed E-state index contributed by atoms with van der Waals surface area (Å²) in [5, 5.41) is 9.11. The number of carboxylic acids is 1. The smallest absolute Gasteiger partial charge is 0.304 e. The molecule has 6 nitrogen and oxygen atoms in total. The van der Waals surface area contributed by atoms with Gasteiger partial charge in [0, 0.05) is 28.9 Å². The first-order valence-corrected chi connectivity index (χ1v) is 12.0. The van der Waals surface area contributed by atoms with Crippen LogP contribution in [0, 0.1) is 13.8 Å². The van der Waals surface area contributed by atoms with Crippen LogP contribution in [-0.4, -0.2) is 22.2 Å². The first-order chi connectivity index (χ1) is 17.5. The van der Waals surface area contributed by atoms with Gasteiger partial charge in [0.25, 0.3) is 0 Å². The van der Waals surface area contributed by atoms with Crippen molar-refractivity contribution in [2.75, 3.05) is 6.61 Å². The lowest BCUT2D eigenvalue weighted by atomic mass is 9.98. The number of ether oxygens (including phenoxy) is 3. The van der Waals surface area contributed by atoms with Crippen LogP contribution in [0.2, 0.25) is 0 Å². The van der Waals surface area contributed by atoms with E-state index in [1.807, 2.05) is 48.5 Å². The van der Waals surface area contributed by atoms with E-state index in [4.69, 9.17) is 19.3 Å². The Hall–Kier alpha value is -4.19. The molecule has 0 bridgehead atoms. The second-order valence-corrected chi connectivity index (χ2v) is 9.12. The number of hydrogen-bond donors (Lipinski definition) is 1. The van der Waals surface area contributed by atoms with Crippen LogP contribution in [0.15, 0.2) is 78.9 Å². The van der Waals surface area contributed by atoms with Crippen molar-refractivity contribution < 1.29 is 24.1 Å². The molecular weight excluding hydrogens is 454 g/mol. The van der Waals surface area contributed by atoms with E-state index in [0.29, 0.717) is 31.3 Å². The molecule has 0 saturated carbocycles. The fourth-order valence-corrected chi connectivity index (χ4v) is 4.63. The summed E-state index contributed by atoms with van der Waals surface area (Å²) in [5.41, 5.74) is 6.27. The lowest BCUT2D eigenvalue weighted by Gasteiger charge is -2.17. The highest BCUT2D eigenvalue weighted by Gasteiger charge is 2.26. The van der Waals surface area contributed by atoms with Gasteiger partial charge in [-0.3, -0.25) is 4.79 Å². The van der Waals surface area contributed by atoms with E-state index in [9.17, 15) is 4.79 Å². The molecule has 5 rings (SSSR count). The number of aryl methyl sites for hydroxylation is 2. The van der Waals surface area contributed by atoms with Gasteiger partial charge in [0.1, 0.15) is 30.5 Å². The maximum atomic E-state index is 11.1. The van der Waals surface area contributed by atoms with Crippen LogP contribution >= 0.6 is 0 Å². The molecule has 0 spiro atoms. The molecular formula is C30H29NO5. The van der Waals surface area contributed by atoms with Gasteiger partial charge in [-0.2, -0.15) is 0 Å². The van der Waals surface area contributed by atoms with Crippen molar-refractivity contribution in [1.29, 1.82) is 0 Å². The molecule has 0 saturated heterocycles. The molecule has 1 aromatic heterocycles. The summed E-state index contributed by atoms with van der Waals surface area (Å²) >= 11 is 0. The molecule has 1 unspecified atom stereocenters. The minimum Gasteiger partial charge on any atom is -0.492 e. The first kappa shape index (κ1) is 23.5. The Labute approximate surface area is 210 Å². The van der Waals surface area contributed by atoms with Crippen molar-refractivity contribution >= 4 is 5.97 Å². The highest BCUT2D eigenvalue weighted by molar-refractivity contribution is 5.68. The Morgan fingerprint density at radius 1 is 0.917 bits per heavy atom. The van der Waals surface area contributed by atoms with Crippen molar-refractivity contribution in [3.63, 3.8) is 0 Å². The van der Waals surface area contributed by atoms with Crippen LogP contribution in [0.1, 0.15) is 40.4 Å². The highest BCUT2D eigenvalue weighted by atomic mass is 16.5. The monoisotopic (exact) mass is 483 g/mol. The molecule has 2 heterocycles. The number of fused-ring (bicyclic) bond motifs is 1. The standard InChI is InChI=1S/C30H29NO5/c1-20-8-9-21(2)31(20)27-14-23(10-13-28(27)35-17-22-6-4-3-5-7-22)18-34-25-11-12-26-24(15-30(32)33)19-36-29(26)16-25/h3-14,16,24H,15,17-19H2,1-2H3,(H,32,33). The third-order valence-corrected chi connectivity index (χ3v) is 6.46. The summed E-state index contributed by atoms with van der Waals surface area (Å²) in [4.78, 5) is 11.1. The first-order valence-electron chi connectivity index (χ1n) is 12.0. The van der Waals surface area contributed by atoms with Gasteiger partial charge in [-0.15, -0.1) is 0 Å². The van der Waals surface area contributed by atoms with Gasteiger partial charge in [0.2, 0.25) is 0 Å². The van der Waals surface area contributed by atoms with Gasteiger partial charge in [0.05, 0.1) is 18.7 Å². The summed E-state index contributed by atoms with van der Waals surface area (Å²) in [6.45, 7) is 5.41. The largest absolute Gasteiger partial charge is 0.492 e. The lowest BCUT2D eigenvalue weighted by Crippen LogP contribution is -2.07. The van der Waals surface area contributed by atoms with E-state index in [1.165, 1.54) is 0 Å². The number of carboxylic acid groups (broad SMARTS) is 1. The normalized spacial score (nSPS) is 14.2. The summed E-state index contributed by atoms with van der Waals surface area (Å²) in [6.07, 6.45) is 0.0624. The number of nitrogens with zero attached hydrogens (tertiary/aromatic N) is 1. The maximum Gasteiger partial charge on any atom is 0.304 e. The second-order valence-electron chi connectivity index (χ2n) is 9.12. The van der Waals surface area contributed by atoms with Gasteiger partial charge >= 0.3 is 5.97 Å². The van der Waals surface area contributed by atoms with E-state index in [-0.39, 0.29) is 12.3 Å². The van der Waals surface area contributed by atoms with Crippen molar-refractivity contribution in [3.05, 3.63) is 107 Å². The van der Waals surface area contributed by atoms with Crippen LogP contribution < -0.4 is 14.2 Å². The number of aliphatic carboxylic acids is 1. The predicted octanol–water partition coefficient (Wildman–Crippen LogP) is 6.20. The van der Waals surface area contributed by atoms with Crippen LogP contribution in [0.3, 0.4) is 0 Å². The maximum absolute atomic E-state index is 11.1. The van der Waals surface area contributed by atoms with Gasteiger partial charge in [-0.1, -0.05) is 42.5 Å². The molecule has 0 aliphatic carbocycles. The van der Waals surface area contributed by atoms with E-state index < -0.39 is 5.97 Å². The Bertz CT molecular complexity index is 1360. The van der Waals surface area contributed by atoms with E-state index >= 15 is 0 Å². The number of carbonyl (C=O) groups is 1. The van der Waals surface area contributed by atoms with Crippen LogP contribution in [0.5, 0.6) is 17.2 Å². The number of rotatable bonds is 9. The fourth-order valence-electron chi connectivity index (χ4n) is 4.63. The summed E-state index contributed by atoms with van der Waals surface area (Å²) < 4.78 is 20.2. The lowest BCUT2D eigenvalue weighted by molar-refractivity contribution is -0.137. The van der Waals surface area contributed by atoms with Crippen molar-refractivity contribution in [1.82, 2.24) is 4.57 Å². The van der Waals surface area contributed by atoms with Gasteiger partial charge in [0.15, 0.2) is 0 Å². The molecule has 0 amide bonds. The Balaban J connectivity index is 1.35. The molecule has 4 aromatic rings. The third-order valence-electron chi connectivity index (χ3n) is 6.46. The molecule has 1 aliphatic rings. The molecule has 1 N–H and O–H groups in total. The van der Waals surface area contributed by atoms with Crippen molar-refractivity contribution in [2.45, 2.75) is 39.4 Å². The average Bonchev–Trinajstić information content (AvgIpc) is 3.43. The Kier molecular flexibility index (Phi) is 6.67. The second kappa shape index (κ2) is 10.2. The summed E-state index contributed by atoms with van der Waals surface area (Å²) in [5.74, 6) is 1.25. The van der Waals surface area contributed by atoms with Crippen LogP contribution in [0.4, 0.5) is 0 Å². The predicted molar refractivity (Wildman–Crippen MR) is 137 cm³/mol. The topological polar surface area (TPSA) is 69.9 Å². The molecule has 1 atom stereocenters. The number of aromatic nitrogens is 1. The van der Waals surface area contributed by atoms with Crippen molar-refractivity contribution in [3.8, 4) is 22.9 Å².